The second kappa shape index (κ2) is 3.09. The van der Waals surface area contributed by atoms with Crippen LogP contribution in [-0.4, -0.2) is 10.9 Å². The van der Waals surface area contributed by atoms with Gasteiger partial charge in [-0.15, -0.1) is 0 Å². The number of hydrogen-bond acceptors (Lipinski definition) is 5. The van der Waals surface area contributed by atoms with Crippen molar-refractivity contribution in [1.82, 2.24) is 4.21 Å². The number of fused-ring (bicyclic) bond motifs is 1. The highest BCUT2D eigenvalue weighted by atomic mass is 35.5. The molecule has 0 fully saturated rings. The summed E-state index contributed by atoms with van der Waals surface area (Å²) in [6, 6.07) is 1.48. The molecule has 0 aliphatic carbocycles. The van der Waals surface area contributed by atoms with E-state index in [0.717, 1.165) is 11.3 Å². The number of thiophene rings is 1. The van der Waals surface area contributed by atoms with Gasteiger partial charge in [-0.3, -0.25) is 4.21 Å². The van der Waals surface area contributed by atoms with Crippen molar-refractivity contribution in [1.29, 1.82) is 0 Å². The maximum Gasteiger partial charge on any atom is 0.207 e. The van der Waals surface area contributed by atoms with E-state index in [1.165, 1.54) is 6.07 Å². The average Bonchev–Trinajstić information content (AvgIpc) is 2.42. The Labute approximate surface area is 87.6 Å². The summed E-state index contributed by atoms with van der Waals surface area (Å²) >= 11 is 7.20. The molecule has 1 N–H and O–H groups in total. The van der Waals surface area contributed by atoms with Crippen molar-refractivity contribution >= 4 is 39.9 Å². The predicted molar refractivity (Wildman–Crippen MR) is 55.3 cm³/mol. The first-order valence-corrected chi connectivity index (χ1v) is 5.58. The first-order valence-electron chi connectivity index (χ1n) is 3.44. The van der Waals surface area contributed by atoms with E-state index in [2.05, 4.69) is 0 Å². The fourth-order valence-electron chi connectivity index (χ4n) is 1.13. The van der Waals surface area contributed by atoms with Crippen LogP contribution in [0.2, 0.25) is 4.34 Å². The number of rotatable bonds is 0. The molecule has 0 unspecified atom stereocenters. The summed E-state index contributed by atoms with van der Waals surface area (Å²) in [6.45, 7) is 0. The molecule has 13 heavy (non-hydrogen) atoms. The summed E-state index contributed by atoms with van der Waals surface area (Å²) in [6.07, 6.45) is -0.752. The Hall–Kier alpha value is 0.180. The van der Waals surface area contributed by atoms with Gasteiger partial charge in [-0.25, -0.2) is 0 Å². The van der Waals surface area contributed by atoms with Crippen LogP contribution >= 0.6 is 34.9 Å². The highest BCUT2D eigenvalue weighted by Crippen LogP contribution is 2.49. The van der Waals surface area contributed by atoms with Gasteiger partial charge < -0.3 is 15.5 Å². The molecule has 0 saturated carbocycles. The van der Waals surface area contributed by atoms with Gasteiger partial charge in [0.25, 0.3) is 0 Å². The molecule has 1 atom stereocenters. The van der Waals surface area contributed by atoms with E-state index in [1.54, 1.807) is 0 Å². The molecule has 1 aliphatic rings. The normalized spacial score (nSPS) is 25.7. The van der Waals surface area contributed by atoms with Gasteiger partial charge in [-0.1, -0.05) is 22.9 Å². The van der Waals surface area contributed by atoms with Crippen LogP contribution in [0.3, 0.4) is 0 Å². The molecule has 7 heteroatoms. The maximum atomic E-state index is 11.3. The predicted octanol–water partition coefficient (Wildman–Crippen LogP) is 2.40. The van der Waals surface area contributed by atoms with Crippen molar-refractivity contribution < 1.29 is 5.11 Å². The molecular formula is C6H5ClNO3S2-. The molecule has 0 saturated heterocycles. The van der Waals surface area contributed by atoms with Gasteiger partial charge in [-0.05, 0) is 6.07 Å². The van der Waals surface area contributed by atoms with Crippen LogP contribution in [0.1, 0.15) is 11.7 Å². The zero-order valence-corrected chi connectivity index (χ0v) is 8.66. The van der Waals surface area contributed by atoms with Crippen LogP contribution in [0.25, 0.3) is 0 Å². The standard InChI is InChI=1S/C6H5ClNO3S2/c7-5-1-3-4(9)2-12-8(10,11)6(3)13-5/h1,4,9H,2H2/q-1/t4-/m1/s1. The van der Waals surface area contributed by atoms with Gasteiger partial charge in [0.05, 0.1) is 27.6 Å². The van der Waals surface area contributed by atoms with E-state index < -0.39 is 10.3 Å². The van der Waals surface area contributed by atoms with Gasteiger partial charge in [0.2, 0.25) is 5.00 Å². The van der Waals surface area contributed by atoms with Crippen molar-refractivity contribution in [3.05, 3.63) is 26.4 Å². The number of nitrogens with zero attached hydrogens (tertiary/aromatic N) is 1. The fourth-order valence-corrected chi connectivity index (χ4v) is 3.28. The number of aliphatic hydroxyl groups is 1. The molecule has 1 aromatic heterocycles. The molecule has 1 aliphatic heterocycles. The summed E-state index contributed by atoms with van der Waals surface area (Å²) in [4.78, 5) is 0. The molecule has 0 spiro atoms. The monoisotopic (exact) mass is 238 g/mol. The van der Waals surface area contributed by atoms with Crippen LogP contribution < -0.4 is 4.21 Å². The van der Waals surface area contributed by atoms with Crippen LogP contribution in [0.15, 0.2) is 6.07 Å². The number of hydrogen-bond donors (Lipinski definition) is 1. The second-order valence-corrected chi connectivity index (χ2v) is 5.35. The van der Waals surface area contributed by atoms with E-state index in [1.807, 2.05) is 0 Å². The highest BCUT2D eigenvalue weighted by Gasteiger charge is 2.32. The Morgan fingerprint density at radius 3 is 2.92 bits per heavy atom. The Kier molecular flexibility index (Phi) is 2.31. The minimum atomic E-state index is -1.75. The van der Waals surface area contributed by atoms with Crippen molar-refractivity contribution in [2.24, 2.45) is 0 Å². The van der Waals surface area contributed by atoms with E-state index >= 15 is 0 Å². The second-order valence-electron chi connectivity index (χ2n) is 2.62. The third-order valence-electron chi connectivity index (χ3n) is 1.72. The summed E-state index contributed by atoms with van der Waals surface area (Å²) in [7, 11) is 0. The molecule has 2 heterocycles. The largest absolute Gasteiger partial charge is 0.613 e. The summed E-state index contributed by atoms with van der Waals surface area (Å²) in [5, 5.41) is 32.1. The number of halogens is 1. The van der Waals surface area contributed by atoms with Gasteiger partial charge in [0.1, 0.15) is 6.10 Å². The zero-order valence-electron chi connectivity index (χ0n) is 6.27. The SMILES string of the molecule is [O-][N+]1([O-])SC[C@@H](O)c2cc(Cl)sc21. The van der Waals surface area contributed by atoms with Gasteiger partial charge in [0.15, 0.2) is 0 Å². The smallest absolute Gasteiger partial charge is 0.207 e. The molecule has 2 rings (SSSR count). The number of aliphatic hydroxyl groups excluding tert-OH is 1. The first kappa shape index (κ1) is 9.72. The molecule has 72 valence electrons. The van der Waals surface area contributed by atoms with Crippen LogP contribution in [0.5, 0.6) is 0 Å². The van der Waals surface area contributed by atoms with E-state index in [4.69, 9.17) is 11.6 Å². The minimum absolute atomic E-state index is 0.0498. The first-order chi connectivity index (χ1) is 6.00. The third-order valence-corrected chi connectivity index (χ3v) is 4.15. The van der Waals surface area contributed by atoms with Crippen molar-refractivity contribution in [3.8, 4) is 0 Å². The van der Waals surface area contributed by atoms with Crippen molar-refractivity contribution in [2.45, 2.75) is 6.10 Å². The molecule has 0 aromatic carbocycles. The van der Waals surface area contributed by atoms with Crippen LogP contribution in [-0.2, 0) is 0 Å². The van der Waals surface area contributed by atoms with Crippen molar-refractivity contribution in [3.63, 3.8) is 0 Å². The maximum absolute atomic E-state index is 11.3. The lowest BCUT2D eigenvalue weighted by Crippen LogP contribution is -2.32. The van der Waals surface area contributed by atoms with Crippen molar-refractivity contribution in [2.75, 3.05) is 5.75 Å². The summed E-state index contributed by atoms with van der Waals surface area (Å²) in [5.74, 6) is 0.118. The van der Waals surface area contributed by atoms with Gasteiger partial charge in [-0.2, -0.15) is 0 Å². The fraction of sp³-hybridized carbons (Fsp3) is 0.333. The Morgan fingerprint density at radius 1 is 1.62 bits per heavy atom. The molecule has 0 amide bonds. The molecule has 0 bridgehead atoms. The lowest BCUT2D eigenvalue weighted by atomic mass is 10.2. The molecular weight excluding hydrogens is 234 g/mol. The van der Waals surface area contributed by atoms with Crippen LogP contribution in [0, 0.1) is 10.4 Å². The topological polar surface area (TPSA) is 66.3 Å². The zero-order chi connectivity index (χ0) is 9.64. The van der Waals surface area contributed by atoms with E-state index in [9.17, 15) is 15.5 Å². The van der Waals surface area contributed by atoms with Gasteiger partial charge in [0, 0.05) is 0 Å². The lowest BCUT2D eigenvalue weighted by molar-refractivity contribution is 0.201. The summed E-state index contributed by atoms with van der Waals surface area (Å²) in [5.41, 5.74) is 0.374. The van der Waals surface area contributed by atoms with Gasteiger partial charge >= 0.3 is 0 Å². The highest BCUT2D eigenvalue weighted by molar-refractivity contribution is 7.99. The Balaban J connectivity index is 2.54. The van der Waals surface area contributed by atoms with E-state index in [0.29, 0.717) is 21.8 Å². The Morgan fingerprint density at radius 2 is 2.31 bits per heavy atom. The average molecular weight is 239 g/mol. The molecule has 0 radical (unpaired) electrons. The quantitative estimate of drug-likeness (QED) is 0.428. The molecule has 4 nitrogen and oxygen atoms in total. The summed E-state index contributed by atoms with van der Waals surface area (Å²) < 4.78 is -1.38. The van der Waals surface area contributed by atoms with E-state index in [-0.39, 0.29) is 10.8 Å². The minimum Gasteiger partial charge on any atom is -0.613 e. The lowest BCUT2D eigenvalue weighted by Gasteiger charge is -2.45. The molecule has 1 aromatic rings. The third kappa shape index (κ3) is 1.59. The Bertz CT molecular complexity index is 341. The number of quaternary nitrogens is 1. The van der Waals surface area contributed by atoms with Crippen LogP contribution in [0.4, 0.5) is 5.00 Å².